The third-order valence-electron chi connectivity index (χ3n) is 3.32. The van der Waals surface area contributed by atoms with E-state index in [9.17, 15) is 9.59 Å². The average molecular weight is 408 g/mol. The SMILES string of the molecule is Cc1cccc(Nc2nnc(SCC(=O)N(C)CC(=O)NC(C)(C)C)s2)c1. The van der Waals surface area contributed by atoms with Crippen molar-refractivity contribution in [2.75, 3.05) is 24.7 Å². The van der Waals surface area contributed by atoms with Gasteiger partial charge in [0.1, 0.15) is 0 Å². The minimum absolute atomic E-state index is 0.0347. The average Bonchev–Trinajstić information content (AvgIpc) is 2.98. The van der Waals surface area contributed by atoms with Crippen molar-refractivity contribution >= 4 is 45.7 Å². The molecule has 0 bridgehead atoms. The van der Waals surface area contributed by atoms with E-state index in [1.165, 1.54) is 28.0 Å². The van der Waals surface area contributed by atoms with Crippen LogP contribution in [-0.4, -0.2) is 51.8 Å². The van der Waals surface area contributed by atoms with E-state index in [0.717, 1.165) is 11.3 Å². The number of rotatable bonds is 7. The molecule has 0 aliphatic carbocycles. The fourth-order valence-electron chi connectivity index (χ4n) is 2.16. The van der Waals surface area contributed by atoms with E-state index in [2.05, 4.69) is 20.8 Å². The first-order valence-electron chi connectivity index (χ1n) is 8.47. The van der Waals surface area contributed by atoms with Crippen molar-refractivity contribution in [1.82, 2.24) is 20.4 Å². The lowest BCUT2D eigenvalue weighted by atomic mass is 10.1. The van der Waals surface area contributed by atoms with E-state index < -0.39 is 0 Å². The molecular formula is C18H25N5O2S2. The Balaban J connectivity index is 1.81. The van der Waals surface area contributed by atoms with Gasteiger partial charge in [-0.15, -0.1) is 10.2 Å². The number of aromatic nitrogens is 2. The summed E-state index contributed by atoms with van der Waals surface area (Å²) in [6, 6.07) is 7.98. The molecule has 2 N–H and O–H groups in total. The Hall–Kier alpha value is -2.13. The summed E-state index contributed by atoms with van der Waals surface area (Å²) in [5.41, 5.74) is 1.79. The van der Waals surface area contributed by atoms with E-state index >= 15 is 0 Å². The second kappa shape index (κ2) is 9.18. The first-order chi connectivity index (χ1) is 12.6. The van der Waals surface area contributed by atoms with Gasteiger partial charge < -0.3 is 15.5 Å². The van der Waals surface area contributed by atoms with Crippen LogP contribution in [0.5, 0.6) is 0 Å². The molecule has 1 aromatic heterocycles. The van der Waals surface area contributed by atoms with E-state index in [-0.39, 0.29) is 29.7 Å². The highest BCUT2D eigenvalue weighted by molar-refractivity contribution is 8.01. The molecule has 0 radical (unpaired) electrons. The van der Waals surface area contributed by atoms with Gasteiger partial charge >= 0.3 is 0 Å². The van der Waals surface area contributed by atoms with E-state index in [0.29, 0.717) is 9.47 Å². The number of carbonyl (C=O) groups excluding carboxylic acids is 2. The Kier molecular flexibility index (Phi) is 7.20. The fraction of sp³-hybridized carbons (Fsp3) is 0.444. The zero-order valence-corrected chi connectivity index (χ0v) is 17.8. The predicted molar refractivity (Wildman–Crippen MR) is 111 cm³/mol. The summed E-state index contributed by atoms with van der Waals surface area (Å²) in [7, 11) is 1.62. The van der Waals surface area contributed by atoms with Gasteiger partial charge in [-0.05, 0) is 45.4 Å². The molecule has 2 amide bonds. The van der Waals surface area contributed by atoms with Gasteiger partial charge in [0.25, 0.3) is 0 Å². The van der Waals surface area contributed by atoms with Gasteiger partial charge in [-0.3, -0.25) is 9.59 Å². The molecule has 0 saturated heterocycles. The normalized spacial score (nSPS) is 11.1. The second-order valence-electron chi connectivity index (χ2n) is 7.20. The summed E-state index contributed by atoms with van der Waals surface area (Å²) in [6.07, 6.45) is 0. The van der Waals surface area contributed by atoms with Crippen LogP contribution in [0.15, 0.2) is 28.6 Å². The van der Waals surface area contributed by atoms with Gasteiger partial charge in [0.15, 0.2) is 4.34 Å². The summed E-state index contributed by atoms with van der Waals surface area (Å²) in [5.74, 6) is -0.102. The molecule has 9 heteroatoms. The molecule has 2 aromatic rings. The van der Waals surface area contributed by atoms with Crippen molar-refractivity contribution in [3.8, 4) is 0 Å². The number of aryl methyl sites for hydroxylation is 1. The number of nitrogens with one attached hydrogen (secondary N) is 2. The zero-order valence-electron chi connectivity index (χ0n) is 16.2. The fourth-order valence-corrected chi connectivity index (χ4v) is 3.87. The van der Waals surface area contributed by atoms with Crippen LogP contribution < -0.4 is 10.6 Å². The summed E-state index contributed by atoms with van der Waals surface area (Å²) in [6.45, 7) is 7.77. The Bertz CT molecular complexity index is 801. The number of carbonyl (C=O) groups is 2. The van der Waals surface area contributed by atoms with Crippen molar-refractivity contribution in [2.24, 2.45) is 0 Å². The molecule has 0 aliphatic heterocycles. The Morgan fingerprint density at radius 1 is 1.26 bits per heavy atom. The van der Waals surface area contributed by atoms with Crippen LogP contribution in [0.2, 0.25) is 0 Å². The number of anilines is 2. The molecule has 27 heavy (non-hydrogen) atoms. The maximum Gasteiger partial charge on any atom is 0.240 e. The van der Waals surface area contributed by atoms with Gasteiger partial charge in [-0.2, -0.15) is 0 Å². The molecule has 0 unspecified atom stereocenters. The highest BCUT2D eigenvalue weighted by Gasteiger charge is 2.18. The lowest BCUT2D eigenvalue weighted by Crippen LogP contribution is -2.46. The predicted octanol–water partition coefficient (Wildman–Crippen LogP) is 3.06. The Morgan fingerprint density at radius 3 is 2.67 bits per heavy atom. The molecule has 1 heterocycles. The minimum Gasteiger partial charge on any atom is -0.350 e. The summed E-state index contributed by atoms with van der Waals surface area (Å²) in [5, 5.41) is 14.9. The summed E-state index contributed by atoms with van der Waals surface area (Å²) < 4.78 is 0.700. The van der Waals surface area contributed by atoms with E-state index in [1.54, 1.807) is 7.05 Å². The minimum atomic E-state index is -0.316. The Morgan fingerprint density at radius 2 is 2.00 bits per heavy atom. The monoisotopic (exact) mass is 407 g/mol. The molecule has 0 fully saturated rings. The highest BCUT2D eigenvalue weighted by atomic mass is 32.2. The number of nitrogens with zero attached hydrogens (tertiary/aromatic N) is 3. The van der Waals surface area contributed by atoms with Gasteiger partial charge in [0, 0.05) is 18.3 Å². The highest BCUT2D eigenvalue weighted by Crippen LogP contribution is 2.27. The smallest absolute Gasteiger partial charge is 0.240 e. The lowest BCUT2D eigenvalue weighted by molar-refractivity contribution is -0.133. The second-order valence-corrected chi connectivity index (χ2v) is 9.40. The van der Waals surface area contributed by atoms with Crippen LogP contribution in [0.1, 0.15) is 26.3 Å². The quantitative estimate of drug-likeness (QED) is 0.686. The third-order valence-corrected chi connectivity index (χ3v) is 5.27. The number of thioether (sulfide) groups is 1. The number of hydrogen-bond acceptors (Lipinski definition) is 7. The van der Waals surface area contributed by atoms with Gasteiger partial charge in [-0.1, -0.05) is 35.2 Å². The third kappa shape index (κ3) is 7.56. The maximum atomic E-state index is 12.2. The zero-order chi connectivity index (χ0) is 20.0. The van der Waals surface area contributed by atoms with Gasteiger partial charge in [0.2, 0.25) is 16.9 Å². The largest absolute Gasteiger partial charge is 0.350 e. The molecule has 0 aliphatic rings. The van der Waals surface area contributed by atoms with Crippen LogP contribution in [0.25, 0.3) is 0 Å². The van der Waals surface area contributed by atoms with Crippen LogP contribution in [0.3, 0.4) is 0 Å². The number of likely N-dealkylation sites (N-methyl/N-ethyl adjacent to an activating group) is 1. The van der Waals surface area contributed by atoms with Crippen LogP contribution in [0, 0.1) is 6.92 Å². The standard InChI is InChI=1S/C18H25N5O2S2/c1-12-7-6-8-13(9-12)19-16-21-22-17(27-16)26-11-15(25)23(5)10-14(24)20-18(2,3)4/h6-9H,10-11H2,1-5H3,(H,19,21)(H,20,24). The molecule has 0 saturated carbocycles. The summed E-state index contributed by atoms with van der Waals surface area (Å²) >= 11 is 2.70. The van der Waals surface area contributed by atoms with Crippen molar-refractivity contribution in [1.29, 1.82) is 0 Å². The van der Waals surface area contributed by atoms with Crippen LogP contribution >= 0.6 is 23.1 Å². The van der Waals surface area contributed by atoms with Crippen molar-refractivity contribution < 1.29 is 9.59 Å². The summed E-state index contributed by atoms with van der Waals surface area (Å²) in [4.78, 5) is 25.5. The molecule has 1 aromatic carbocycles. The van der Waals surface area contributed by atoms with Crippen molar-refractivity contribution in [2.45, 2.75) is 37.6 Å². The van der Waals surface area contributed by atoms with Crippen LogP contribution in [-0.2, 0) is 9.59 Å². The van der Waals surface area contributed by atoms with Gasteiger partial charge in [-0.25, -0.2) is 0 Å². The molecule has 0 spiro atoms. The molecular weight excluding hydrogens is 382 g/mol. The first kappa shape index (κ1) is 21.2. The number of benzene rings is 1. The van der Waals surface area contributed by atoms with Gasteiger partial charge in [0.05, 0.1) is 12.3 Å². The number of hydrogen-bond donors (Lipinski definition) is 2. The van der Waals surface area contributed by atoms with Crippen molar-refractivity contribution in [3.63, 3.8) is 0 Å². The molecule has 146 valence electrons. The van der Waals surface area contributed by atoms with Crippen molar-refractivity contribution in [3.05, 3.63) is 29.8 Å². The van der Waals surface area contributed by atoms with E-state index in [4.69, 9.17) is 0 Å². The molecule has 0 atom stereocenters. The van der Waals surface area contributed by atoms with E-state index in [1.807, 2.05) is 52.0 Å². The molecule has 2 rings (SSSR count). The number of amides is 2. The van der Waals surface area contributed by atoms with Crippen LogP contribution in [0.4, 0.5) is 10.8 Å². The topological polar surface area (TPSA) is 87.2 Å². The maximum absolute atomic E-state index is 12.2. The Labute approximate surface area is 167 Å². The lowest BCUT2D eigenvalue weighted by Gasteiger charge is -2.23. The molecule has 7 nitrogen and oxygen atoms in total. The first-order valence-corrected chi connectivity index (χ1v) is 10.3.